The first-order valence-electron chi connectivity index (χ1n) is 6.84. The molecule has 0 aromatic heterocycles. The first kappa shape index (κ1) is 17.9. The zero-order chi connectivity index (χ0) is 16.4. The average molecular weight is 411 g/mol. The van der Waals surface area contributed by atoms with Crippen molar-refractivity contribution >= 4 is 35.8 Å². The summed E-state index contributed by atoms with van der Waals surface area (Å²) in [4.78, 5) is 2.25. The van der Waals surface area contributed by atoms with Gasteiger partial charge in [0.05, 0.1) is 10.6 Å². The van der Waals surface area contributed by atoms with Gasteiger partial charge in [0, 0.05) is 43.5 Å². The van der Waals surface area contributed by atoms with Crippen LogP contribution >= 0.6 is 15.9 Å². The third-order valence-corrected chi connectivity index (χ3v) is 6.86. The number of sulfone groups is 1. The van der Waals surface area contributed by atoms with Crippen LogP contribution in [0.25, 0.3) is 0 Å². The van der Waals surface area contributed by atoms with Crippen LogP contribution in [0.15, 0.2) is 33.6 Å². The van der Waals surface area contributed by atoms with E-state index in [-0.39, 0.29) is 10.6 Å². The van der Waals surface area contributed by atoms with E-state index in [2.05, 4.69) is 15.9 Å². The summed E-state index contributed by atoms with van der Waals surface area (Å²) in [5.74, 6) is 0.103. The first-order chi connectivity index (χ1) is 10.2. The number of halogens is 1. The fraction of sp³-hybridized carbons (Fsp3) is 0.538. The first-order valence-corrected chi connectivity index (χ1v) is 11.1. The van der Waals surface area contributed by atoms with Gasteiger partial charge in [0.2, 0.25) is 10.0 Å². The molecule has 1 aliphatic rings. The summed E-state index contributed by atoms with van der Waals surface area (Å²) in [7, 11) is -6.48. The Balaban J connectivity index is 1.99. The van der Waals surface area contributed by atoms with E-state index in [1.807, 2.05) is 4.90 Å². The molecule has 0 spiro atoms. The van der Waals surface area contributed by atoms with Gasteiger partial charge in [-0.15, -0.1) is 0 Å². The molecule has 0 N–H and O–H groups in total. The van der Waals surface area contributed by atoms with Crippen LogP contribution in [0, 0.1) is 0 Å². The highest BCUT2D eigenvalue weighted by Gasteiger charge is 2.28. The molecule has 0 radical (unpaired) electrons. The molecule has 0 aliphatic carbocycles. The molecule has 0 amide bonds. The molecule has 124 valence electrons. The number of rotatable bonds is 5. The SMILES string of the molecule is CS(=O)(=O)CCN1CCN(S(=O)(=O)c2cccc(Br)c2)CC1. The van der Waals surface area contributed by atoms with Crippen molar-refractivity contribution in [1.82, 2.24) is 9.21 Å². The molecular formula is C13H19BrN2O4S2. The highest BCUT2D eigenvalue weighted by Crippen LogP contribution is 2.21. The molecule has 1 aliphatic heterocycles. The second kappa shape index (κ2) is 6.96. The van der Waals surface area contributed by atoms with Crippen molar-refractivity contribution in [2.45, 2.75) is 4.90 Å². The van der Waals surface area contributed by atoms with Gasteiger partial charge < -0.3 is 0 Å². The highest BCUT2D eigenvalue weighted by atomic mass is 79.9. The molecule has 1 aromatic rings. The maximum atomic E-state index is 12.6. The summed E-state index contributed by atoms with van der Waals surface area (Å²) in [6.45, 7) is 2.28. The molecule has 1 saturated heterocycles. The van der Waals surface area contributed by atoms with E-state index >= 15 is 0 Å². The van der Waals surface area contributed by atoms with Gasteiger partial charge >= 0.3 is 0 Å². The van der Waals surface area contributed by atoms with Crippen LogP contribution in [0.5, 0.6) is 0 Å². The summed E-state index contributed by atoms with van der Waals surface area (Å²) < 4.78 is 49.6. The lowest BCUT2D eigenvalue weighted by atomic mass is 10.4. The third-order valence-electron chi connectivity index (χ3n) is 3.54. The van der Waals surface area contributed by atoms with Gasteiger partial charge in [-0.1, -0.05) is 22.0 Å². The molecule has 1 heterocycles. The maximum absolute atomic E-state index is 12.6. The van der Waals surface area contributed by atoms with Crippen molar-refractivity contribution in [3.05, 3.63) is 28.7 Å². The standard InChI is InChI=1S/C13H19BrN2O4S2/c1-21(17,18)10-9-15-5-7-16(8-6-15)22(19,20)13-4-2-3-12(14)11-13/h2-4,11H,5-10H2,1H3. The predicted octanol–water partition coefficient (Wildman–Crippen LogP) is 0.800. The molecule has 0 saturated carbocycles. The van der Waals surface area contributed by atoms with Gasteiger partial charge in [0.1, 0.15) is 9.84 Å². The zero-order valence-corrected chi connectivity index (χ0v) is 15.5. The Morgan fingerprint density at radius 2 is 1.73 bits per heavy atom. The quantitative estimate of drug-likeness (QED) is 0.717. The number of piperazine rings is 1. The fourth-order valence-electron chi connectivity index (χ4n) is 2.26. The van der Waals surface area contributed by atoms with Crippen LogP contribution in [0.1, 0.15) is 0 Å². The van der Waals surface area contributed by atoms with Gasteiger partial charge in [0.15, 0.2) is 0 Å². The maximum Gasteiger partial charge on any atom is 0.243 e. The van der Waals surface area contributed by atoms with Gasteiger partial charge in [-0.3, -0.25) is 4.90 Å². The van der Waals surface area contributed by atoms with Crippen molar-refractivity contribution in [3.8, 4) is 0 Å². The van der Waals surface area contributed by atoms with Crippen molar-refractivity contribution < 1.29 is 16.8 Å². The Hall–Kier alpha value is -0.480. The number of sulfonamides is 1. The lowest BCUT2D eigenvalue weighted by molar-refractivity contribution is 0.197. The second-order valence-corrected chi connectivity index (χ2v) is 10.4. The summed E-state index contributed by atoms with van der Waals surface area (Å²) in [6.07, 6.45) is 1.21. The van der Waals surface area contributed by atoms with Gasteiger partial charge in [-0.25, -0.2) is 16.8 Å². The van der Waals surface area contributed by atoms with Crippen molar-refractivity contribution in [1.29, 1.82) is 0 Å². The van der Waals surface area contributed by atoms with Gasteiger partial charge in [0.25, 0.3) is 0 Å². The smallest absolute Gasteiger partial charge is 0.243 e. The third kappa shape index (κ3) is 4.76. The van der Waals surface area contributed by atoms with E-state index in [9.17, 15) is 16.8 Å². The number of benzene rings is 1. The number of hydrogen-bond donors (Lipinski definition) is 0. The largest absolute Gasteiger partial charge is 0.300 e. The van der Waals surface area contributed by atoms with E-state index in [0.29, 0.717) is 32.7 Å². The molecule has 0 bridgehead atoms. The Morgan fingerprint density at radius 3 is 2.27 bits per heavy atom. The predicted molar refractivity (Wildman–Crippen MR) is 89.1 cm³/mol. The van der Waals surface area contributed by atoms with Gasteiger partial charge in [-0.05, 0) is 18.2 Å². The second-order valence-electron chi connectivity index (χ2n) is 5.33. The molecule has 6 nitrogen and oxygen atoms in total. The normalized spacial score (nSPS) is 18.5. The topological polar surface area (TPSA) is 74.8 Å². The van der Waals surface area contributed by atoms with E-state index in [0.717, 1.165) is 4.47 Å². The van der Waals surface area contributed by atoms with E-state index < -0.39 is 19.9 Å². The Bertz CT molecular complexity index is 726. The van der Waals surface area contributed by atoms with Crippen LogP contribution < -0.4 is 0 Å². The zero-order valence-electron chi connectivity index (χ0n) is 12.3. The minimum Gasteiger partial charge on any atom is -0.300 e. The van der Waals surface area contributed by atoms with Crippen LogP contribution in [0.3, 0.4) is 0 Å². The molecule has 0 unspecified atom stereocenters. The summed E-state index contributed by atoms with van der Waals surface area (Å²) in [5, 5.41) is 0. The molecule has 1 aromatic carbocycles. The average Bonchev–Trinajstić information content (AvgIpc) is 2.45. The van der Waals surface area contributed by atoms with Crippen molar-refractivity contribution in [2.24, 2.45) is 0 Å². The van der Waals surface area contributed by atoms with Crippen LogP contribution in [-0.4, -0.2) is 70.8 Å². The lowest BCUT2D eigenvalue weighted by Crippen LogP contribution is -2.49. The van der Waals surface area contributed by atoms with E-state index in [1.165, 1.54) is 10.6 Å². The van der Waals surface area contributed by atoms with E-state index in [4.69, 9.17) is 0 Å². The van der Waals surface area contributed by atoms with Crippen LogP contribution in [0.4, 0.5) is 0 Å². The number of nitrogens with zero attached hydrogens (tertiary/aromatic N) is 2. The van der Waals surface area contributed by atoms with E-state index in [1.54, 1.807) is 24.3 Å². The Labute approximate surface area is 140 Å². The molecule has 9 heteroatoms. The molecular weight excluding hydrogens is 392 g/mol. The monoisotopic (exact) mass is 410 g/mol. The molecule has 0 atom stereocenters. The molecule has 2 rings (SSSR count). The van der Waals surface area contributed by atoms with Crippen LogP contribution in [0.2, 0.25) is 0 Å². The Morgan fingerprint density at radius 1 is 1.09 bits per heavy atom. The van der Waals surface area contributed by atoms with Crippen molar-refractivity contribution in [2.75, 3.05) is 44.7 Å². The van der Waals surface area contributed by atoms with Crippen LogP contribution in [-0.2, 0) is 19.9 Å². The number of hydrogen-bond acceptors (Lipinski definition) is 5. The minimum atomic E-state index is -3.49. The summed E-state index contributed by atoms with van der Waals surface area (Å²) >= 11 is 3.28. The van der Waals surface area contributed by atoms with Crippen molar-refractivity contribution in [3.63, 3.8) is 0 Å². The summed E-state index contributed by atoms with van der Waals surface area (Å²) in [6, 6.07) is 6.64. The minimum absolute atomic E-state index is 0.103. The van der Waals surface area contributed by atoms with Gasteiger partial charge in [-0.2, -0.15) is 4.31 Å². The molecule has 22 heavy (non-hydrogen) atoms. The lowest BCUT2D eigenvalue weighted by Gasteiger charge is -2.33. The summed E-state index contributed by atoms with van der Waals surface area (Å²) in [5.41, 5.74) is 0. The highest BCUT2D eigenvalue weighted by molar-refractivity contribution is 9.10. The Kier molecular flexibility index (Phi) is 5.65. The fourth-order valence-corrected chi connectivity index (χ4v) is 4.87. The molecule has 1 fully saturated rings.